The number of aliphatic hydroxyl groups is 1. The number of carbonyl (C=O) groups is 2. The van der Waals surface area contributed by atoms with Crippen molar-refractivity contribution in [3.8, 4) is 28.7 Å². The highest BCUT2D eigenvalue weighted by Crippen LogP contribution is 2.47. The number of nitrogens with zero attached hydrogens (tertiary/aromatic N) is 2. The van der Waals surface area contributed by atoms with Gasteiger partial charge in [0.05, 0.1) is 41.7 Å². The third kappa shape index (κ3) is 6.06. The number of anilines is 1. The van der Waals surface area contributed by atoms with Crippen molar-refractivity contribution in [1.82, 2.24) is 4.98 Å². The first-order valence-electron chi connectivity index (χ1n) is 15.4. The van der Waals surface area contributed by atoms with Crippen LogP contribution >= 0.6 is 11.3 Å². The minimum Gasteiger partial charge on any atom is -0.507 e. The van der Waals surface area contributed by atoms with Crippen LogP contribution in [0.4, 0.5) is 5.13 Å². The lowest BCUT2D eigenvalue weighted by Gasteiger charge is -2.24. The van der Waals surface area contributed by atoms with Crippen LogP contribution in [-0.4, -0.2) is 54.8 Å². The van der Waals surface area contributed by atoms with Gasteiger partial charge in [-0.15, -0.1) is 0 Å². The predicted molar refractivity (Wildman–Crippen MR) is 176 cm³/mol. The van der Waals surface area contributed by atoms with E-state index in [1.807, 2.05) is 32.0 Å². The van der Waals surface area contributed by atoms with E-state index in [1.165, 1.54) is 16.2 Å². The molecule has 1 fully saturated rings. The van der Waals surface area contributed by atoms with Crippen LogP contribution in [0, 0.1) is 5.92 Å². The summed E-state index contributed by atoms with van der Waals surface area (Å²) in [5.74, 6) is 1.18. The molecular formula is C35H36N2O8S. The molecule has 1 amide bonds. The molecule has 11 heteroatoms. The zero-order valence-electron chi connectivity index (χ0n) is 26.2. The number of thiazole rings is 1. The summed E-state index contributed by atoms with van der Waals surface area (Å²) < 4.78 is 29.8. The van der Waals surface area contributed by atoms with Crippen LogP contribution in [0.1, 0.15) is 51.3 Å². The molecule has 0 radical (unpaired) electrons. The highest BCUT2D eigenvalue weighted by atomic mass is 32.1. The molecule has 2 aliphatic rings. The van der Waals surface area contributed by atoms with Crippen molar-refractivity contribution in [2.75, 3.05) is 37.9 Å². The zero-order valence-corrected chi connectivity index (χ0v) is 27.0. The number of Topliss-reactive ketones (excluding diaryl/α,β-unsaturated/α-hetero) is 1. The van der Waals surface area contributed by atoms with Crippen molar-refractivity contribution in [3.63, 3.8) is 0 Å². The number of ketones is 1. The van der Waals surface area contributed by atoms with Gasteiger partial charge in [0.1, 0.15) is 24.7 Å². The van der Waals surface area contributed by atoms with Crippen LogP contribution in [0.2, 0.25) is 0 Å². The molecule has 10 nitrogen and oxygen atoms in total. The van der Waals surface area contributed by atoms with E-state index in [-0.39, 0.29) is 11.3 Å². The number of hydrogen-bond acceptors (Lipinski definition) is 10. The molecule has 3 heterocycles. The number of aromatic nitrogens is 1. The standard InChI is InChI=1S/C35H36N2O8S/c1-5-41-23-9-10-24-29(19-23)46-35(36-24)37-31(21-7-11-25(27(17-21)42-6-2)43-14-13-20(3)4)30(33(39)34(37)40)32(38)22-8-12-26-28(18-22)45-16-15-44-26/h7-12,17-20,31,38H,5-6,13-16H2,1-4H3/b32-30-. The third-order valence-electron chi connectivity index (χ3n) is 7.66. The fraction of sp³-hybridized carbons (Fsp3) is 0.343. The molecule has 0 saturated carbocycles. The van der Waals surface area contributed by atoms with Crippen LogP contribution in [0.25, 0.3) is 16.0 Å². The lowest BCUT2D eigenvalue weighted by Crippen LogP contribution is -2.29. The Morgan fingerprint density at radius 1 is 0.957 bits per heavy atom. The van der Waals surface area contributed by atoms with Gasteiger partial charge < -0.3 is 28.8 Å². The number of fused-ring (bicyclic) bond motifs is 2. The monoisotopic (exact) mass is 644 g/mol. The van der Waals surface area contributed by atoms with E-state index >= 15 is 0 Å². The normalized spacial score (nSPS) is 17.2. The quantitative estimate of drug-likeness (QED) is 0.106. The van der Waals surface area contributed by atoms with Crippen LogP contribution < -0.4 is 28.6 Å². The molecule has 1 N–H and O–H groups in total. The fourth-order valence-corrected chi connectivity index (χ4v) is 6.45. The SMILES string of the molecule is CCOc1ccc2nc(N3C(=O)C(=O)/C(=C(\O)c4ccc5c(c4)OCCO5)C3c3ccc(OCCC(C)C)c(OCC)c3)sc2c1. The largest absolute Gasteiger partial charge is 0.507 e. The second kappa shape index (κ2) is 13.3. The number of rotatable bonds is 11. The summed E-state index contributed by atoms with van der Waals surface area (Å²) in [4.78, 5) is 33.8. The highest BCUT2D eigenvalue weighted by molar-refractivity contribution is 7.22. The molecule has 1 saturated heterocycles. The zero-order chi connectivity index (χ0) is 32.4. The average molecular weight is 645 g/mol. The lowest BCUT2D eigenvalue weighted by molar-refractivity contribution is -0.132. The summed E-state index contributed by atoms with van der Waals surface area (Å²) in [5.41, 5.74) is 1.44. The van der Waals surface area contributed by atoms with E-state index in [2.05, 4.69) is 13.8 Å². The van der Waals surface area contributed by atoms with E-state index in [4.69, 9.17) is 28.7 Å². The molecule has 1 aromatic heterocycles. The molecule has 46 heavy (non-hydrogen) atoms. The summed E-state index contributed by atoms with van der Waals surface area (Å²) in [6.45, 7) is 10.2. The lowest BCUT2D eigenvalue weighted by atomic mass is 9.95. The van der Waals surface area contributed by atoms with Gasteiger partial charge in [-0.1, -0.05) is 31.3 Å². The number of ether oxygens (including phenoxy) is 5. The molecule has 1 atom stereocenters. The van der Waals surface area contributed by atoms with Gasteiger partial charge in [-0.2, -0.15) is 0 Å². The predicted octanol–water partition coefficient (Wildman–Crippen LogP) is 6.92. The second-order valence-electron chi connectivity index (χ2n) is 11.3. The molecule has 0 bridgehead atoms. The summed E-state index contributed by atoms with van der Waals surface area (Å²) in [7, 11) is 0. The van der Waals surface area contributed by atoms with Crippen LogP contribution in [-0.2, 0) is 9.59 Å². The molecule has 0 spiro atoms. The third-order valence-corrected chi connectivity index (χ3v) is 8.68. The Bertz CT molecular complexity index is 1810. The summed E-state index contributed by atoms with van der Waals surface area (Å²) in [6, 6.07) is 14.7. The maximum atomic E-state index is 13.9. The van der Waals surface area contributed by atoms with Crippen molar-refractivity contribution in [3.05, 3.63) is 71.3 Å². The second-order valence-corrected chi connectivity index (χ2v) is 12.3. The average Bonchev–Trinajstić information content (AvgIpc) is 3.58. The first kappa shape index (κ1) is 31.2. The maximum absolute atomic E-state index is 13.9. The van der Waals surface area contributed by atoms with Crippen molar-refractivity contribution in [1.29, 1.82) is 0 Å². The van der Waals surface area contributed by atoms with E-state index in [0.29, 0.717) is 89.5 Å². The van der Waals surface area contributed by atoms with Gasteiger partial charge in [0.15, 0.2) is 28.1 Å². The molecule has 4 aromatic rings. The van der Waals surface area contributed by atoms with Gasteiger partial charge in [-0.05, 0) is 80.3 Å². The minimum absolute atomic E-state index is 0.0770. The van der Waals surface area contributed by atoms with Gasteiger partial charge in [0.2, 0.25) is 0 Å². The smallest absolute Gasteiger partial charge is 0.301 e. The van der Waals surface area contributed by atoms with Gasteiger partial charge >= 0.3 is 5.91 Å². The van der Waals surface area contributed by atoms with Gasteiger partial charge in [-0.3, -0.25) is 14.5 Å². The number of amides is 1. The Kier molecular flexibility index (Phi) is 9.03. The molecule has 240 valence electrons. The summed E-state index contributed by atoms with van der Waals surface area (Å²) >= 11 is 1.26. The molecule has 2 aliphatic heterocycles. The first-order valence-corrected chi connectivity index (χ1v) is 16.2. The van der Waals surface area contributed by atoms with Crippen LogP contribution in [0.15, 0.2) is 60.2 Å². The van der Waals surface area contributed by atoms with E-state index < -0.39 is 17.7 Å². The molecule has 1 unspecified atom stereocenters. The first-order chi connectivity index (χ1) is 22.3. The fourth-order valence-electron chi connectivity index (χ4n) is 5.43. The Morgan fingerprint density at radius 2 is 1.74 bits per heavy atom. The van der Waals surface area contributed by atoms with Crippen molar-refractivity contribution in [2.24, 2.45) is 5.92 Å². The summed E-state index contributed by atoms with van der Waals surface area (Å²) in [5, 5.41) is 12.0. The van der Waals surface area contributed by atoms with Crippen molar-refractivity contribution >= 4 is 44.1 Å². The highest BCUT2D eigenvalue weighted by Gasteiger charge is 2.48. The number of carbonyl (C=O) groups excluding carboxylic acids is 2. The molecule has 6 rings (SSSR count). The van der Waals surface area contributed by atoms with E-state index in [1.54, 1.807) is 36.4 Å². The topological polar surface area (TPSA) is 117 Å². The maximum Gasteiger partial charge on any atom is 0.301 e. The Hall–Kier alpha value is -4.77. The van der Waals surface area contributed by atoms with E-state index in [9.17, 15) is 14.7 Å². The Labute approximate surface area is 271 Å². The molecule has 3 aromatic carbocycles. The van der Waals surface area contributed by atoms with Crippen LogP contribution in [0.5, 0.6) is 28.7 Å². The Balaban J connectivity index is 1.49. The summed E-state index contributed by atoms with van der Waals surface area (Å²) in [6.07, 6.45) is 0.867. The van der Waals surface area contributed by atoms with Gasteiger partial charge in [0, 0.05) is 5.56 Å². The molecule has 0 aliphatic carbocycles. The number of hydrogen-bond donors (Lipinski definition) is 1. The van der Waals surface area contributed by atoms with Gasteiger partial charge in [0.25, 0.3) is 5.78 Å². The van der Waals surface area contributed by atoms with E-state index in [0.717, 1.165) is 11.1 Å². The Morgan fingerprint density at radius 3 is 2.50 bits per heavy atom. The van der Waals surface area contributed by atoms with Crippen molar-refractivity contribution in [2.45, 2.75) is 40.2 Å². The number of benzene rings is 3. The van der Waals surface area contributed by atoms with Crippen LogP contribution in [0.3, 0.4) is 0 Å². The minimum atomic E-state index is -1.01. The number of aliphatic hydroxyl groups excluding tert-OH is 1. The molecular weight excluding hydrogens is 608 g/mol. The van der Waals surface area contributed by atoms with Crippen molar-refractivity contribution < 1.29 is 38.4 Å². The van der Waals surface area contributed by atoms with Gasteiger partial charge in [-0.25, -0.2) is 4.98 Å².